The van der Waals surface area contributed by atoms with E-state index >= 15 is 0 Å². The fraction of sp³-hybridized carbons (Fsp3) is 0.429. The molecule has 0 saturated heterocycles. The van der Waals surface area contributed by atoms with Crippen molar-refractivity contribution in [1.82, 2.24) is 9.55 Å². The molecular formula is C14H18N2OS. The molecule has 18 heavy (non-hydrogen) atoms. The molecule has 0 amide bonds. The summed E-state index contributed by atoms with van der Waals surface area (Å²) in [6.07, 6.45) is 5.62. The van der Waals surface area contributed by atoms with Crippen molar-refractivity contribution in [3.05, 3.63) is 39.6 Å². The number of ketones is 1. The van der Waals surface area contributed by atoms with E-state index in [0.717, 1.165) is 29.1 Å². The van der Waals surface area contributed by atoms with Crippen LogP contribution in [0.25, 0.3) is 0 Å². The average Bonchev–Trinajstić information content (AvgIpc) is 2.87. The quantitative estimate of drug-likeness (QED) is 0.774. The molecule has 2 aromatic rings. The van der Waals surface area contributed by atoms with Crippen molar-refractivity contribution in [2.45, 2.75) is 40.2 Å². The summed E-state index contributed by atoms with van der Waals surface area (Å²) in [6, 6.07) is 1.98. The van der Waals surface area contributed by atoms with Gasteiger partial charge in [0.2, 0.25) is 0 Å². The van der Waals surface area contributed by atoms with Crippen molar-refractivity contribution in [2.75, 3.05) is 0 Å². The first-order valence-electron chi connectivity index (χ1n) is 6.22. The Morgan fingerprint density at radius 3 is 2.83 bits per heavy atom. The first kappa shape index (κ1) is 13.0. The van der Waals surface area contributed by atoms with E-state index in [9.17, 15) is 4.79 Å². The van der Waals surface area contributed by atoms with Crippen LogP contribution in [0.3, 0.4) is 0 Å². The molecule has 0 unspecified atom stereocenters. The Kier molecular flexibility index (Phi) is 3.97. The molecule has 0 aromatic carbocycles. The summed E-state index contributed by atoms with van der Waals surface area (Å²) in [7, 11) is 0. The Hall–Kier alpha value is -1.42. The molecule has 3 nitrogen and oxygen atoms in total. The Morgan fingerprint density at radius 1 is 1.44 bits per heavy atom. The summed E-state index contributed by atoms with van der Waals surface area (Å²) < 4.78 is 1.96. The summed E-state index contributed by atoms with van der Waals surface area (Å²) in [5.74, 6) is 1.17. The largest absolute Gasteiger partial charge is 0.327 e. The van der Waals surface area contributed by atoms with Crippen LogP contribution in [0.4, 0.5) is 0 Å². The number of rotatable bonds is 5. The monoisotopic (exact) mass is 262 g/mol. The molecule has 0 radical (unpaired) electrons. The number of hydrogen-bond donors (Lipinski definition) is 0. The van der Waals surface area contributed by atoms with Crippen LogP contribution in [-0.4, -0.2) is 15.3 Å². The Morgan fingerprint density at radius 2 is 2.22 bits per heavy atom. The number of imidazole rings is 1. The second-order valence-electron chi connectivity index (χ2n) is 4.47. The van der Waals surface area contributed by atoms with Gasteiger partial charge in [0.15, 0.2) is 5.78 Å². The van der Waals surface area contributed by atoms with Crippen LogP contribution in [0.5, 0.6) is 0 Å². The normalized spacial score (nSPS) is 10.8. The molecule has 0 fully saturated rings. The number of nitrogens with zero attached hydrogens (tertiary/aromatic N) is 2. The Bertz CT molecular complexity index is 554. The van der Waals surface area contributed by atoms with E-state index in [1.54, 1.807) is 17.5 Å². The van der Waals surface area contributed by atoms with E-state index in [0.29, 0.717) is 6.54 Å². The van der Waals surface area contributed by atoms with Crippen molar-refractivity contribution < 1.29 is 4.79 Å². The summed E-state index contributed by atoms with van der Waals surface area (Å²) in [4.78, 5) is 18.9. The fourth-order valence-electron chi connectivity index (χ4n) is 2.08. The van der Waals surface area contributed by atoms with E-state index in [-0.39, 0.29) is 5.78 Å². The van der Waals surface area contributed by atoms with Gasteiger partial charge in [-0.1, -0.05) is 6.92 Å². The molecule has 0 spiro atoms. The number of aromatic nitrogens is 2. The average molecular weight is 262 g/mol. The zero-order chi connectivity index (χ0) is 13.1. The van der Waals surface area contributed by atoms with Gasteiger partial charge in [-0.3, -0.25) is 4.79 Å². The van der Waals surface area contributed by atoms with Crippen molar-refractivity contribution in [3.8, 4) is 0 Å². The molecule has 0 saturated carbocycles. The third-order valence-electron chi connectivity index (χ3n) is 2.93. The summed E-state index contributed by atoms with van der Waals surface area (Å²) >= 11 is 1.68. The Labute approximate surface area is 111 Å². The highest BCUT2D eigenvalue weighted by Crippen LogP contribution is 2.21. The number of hydrogen-bond acceptors (Lipinski definition) is 3. The molecule has 0 atom stereocenters. The van der Waals surface area contributed by atoms with Crippen molar-refractivity contribution in [3.63, 3.8) is 0 Å². The van der Waals surface area contributed by atoms with Gasteiger partial charge in [0.25, 0.3) is 0 Å². The van der Waals surface area contributed by atoms with Crippen LogP contribution >= 0.6 is 11.3 Å². The summed E-state index contributed by atoms with van der Waals surface area (Å²) in [6.45, 7) is 6.56. The number of thiophene rings is 1. The molecule has 0 aliphatic heterocycles. The van der Waals surface area contributed by atoms with Crippen molar-refractivity contribution in [1.29, 1.82) is 0 Å². The third kappa shape index (κ3) is 2.70. The summed E-state index contributed by atoms with van der Waals surface area (Å²) in [5.41, 5.74) is 0.855. The van der Waals surface area contributed by atoms with Gasteiger partial charge < -0.3 is 4.57 Å². The fourth-order valence-corrected chi connectivity index (χ4v) is 3.03. The maximum absolute atomic E-state index is 12.3. The van der Waals surface area contributed by atoms with Gasteiger partial charge in [0.05, 0.1) is 6.54 Å². The van der Waals surface area contributed by atoms with E-state index in [4.69, 9.17) is 0 Å². The molecule has 4 heteroatoms. The maximum Gasteiger partial charge on any atom is 0.183 e. The predicted octanol–water partition coefficient (Wildman–Crippen LogP) is 3.40. The number of carbonyl (C=O) groups is 1. The predicted molar refractivity (Wildman–Crippen MR) is 74.3 cm³/mol. The molecule has 0 aliphatic carbocycles. The van der Waals surface area contributed by atoms with Gasteiger partial charge in [0, 0.05) is 34.1 Å². The second-order valence-corrected chi connectivity index (χ2v) is 5.93. The maximum atomic E-state index is 12.3. The van der Waals surface area contributed by atoms with Crippen LogP contribution in [0.1, 0.15) is 39.3 Å². The van der Waals surface area contributed by atoms with Crippen LogP contribution < -0.4 is 0 Å². The minimum atomic E-state index is 0.173. The van der Waals surface area contributed by atoms with Gasteiger partial charge in [-0.15, -0.1) is 11.3 Å². The van der Waals surface area contributed by atoms with Gasteiger partial charge in [-0.2, -0.15) is 0 Å². The number of aryl methyl sites for hydroxylation is 3. The van der Waals surface area contributed by atoms with E-state index in [1.807, 2.05) is 30.7 Å². The lowest BCUT2D eigenvalue weighted by Crippen LogP contribution is -2.12. The lowest BCUT2D eigenvalue weighted by Gasteiger charge is -2.06. The third-order valence-corrected chi connectivity index (χ3v) is 3.90. The zero-order valence-corrected chi connectivity index (χ0v) is 11.9. The van der Waals surface area contributed by atoms with Gasteiger partial charge in [-0.05, 0) is 26.3 Å². The highest BCUT2D eigenvalue weighted by atomic mass is 32.1. The number of Topliss-reactive ketones (excluding diaryl/α,β-unsaturated/α-hetero) is 1. The molecule has 96 valence electrons. The van der Waals surface area contributed by atoms with Crippen molar-refractivity contribution in [2.24, 2.45) is 0 Å². The first-order valence-corrected chi connectivity index (χ1v) is 7.03. The smallest absolute Gasteiger partial charge is 0.183 e. The van der Waals surface area contributed by atoms with E-state index in [2.05, 4.69) is 11.9 Å². The molecule has 0 aliphatic rings. The highest BCUT2D eigenvalue weighted by Gasteiger charge is 2.13. The highest BCUT2D eigenvalue weighted by molar-refractivity contribution is 7.12. The molecule has 0 N–H and O–H groups in total. The van der Waals surface area contributed by atoms with Crippen LogP contribution in [0, 0.1) is 13.8 Å². The SMILES string of the molecule is CCCc1nccn1CC(=O)c1cc(C)sc1C. The molecule has 2 aromatic heterocycles. The first-order chi connectivity index (χ1) is 8.61. The lowest BCUT2D eigenvalue weighted by atomic mass is 10.1. The second kappa shape index (κ2) is 5.48. The Balaban J connectivity index is 2.16. The van der Waals surface area contributed by atoms with Crippen LogP contribution in [0.2, 0.25) is 0 Å². The van der Waals surface area contributed by atoms with Gasteiger partial charge in [-0.25, -0.2) is 4.98 Å². The molecule has 2 heterocycles. The van der Waals surface area contributed by atoms with Gasteiger partial charge in [0.1, 0.15) is 5.82 Å². The zero-order valence-electron chi connectivity index (χ0n) is 11.1. The minimum Gasteiger partial charge on any atom is -0.327 e. The molecule has 0 bridgehead atoms. The van der Waals surface area contributed by atoms with E-state index in [1.165, 1.54) is 4.88 Å². The van der Waals surface area contributed by atoms with Crippen LogP contribution in [0.15, 0.2) is 18.5 Å². The topological polar surface area (TPSA) is 34.9 Å². The van der Waals surface area contributed by atoms with Gasteiger partial charge >= 0.3 is 0 Å². The van der Waals surface area contributed by atoms with E-state index < -0.39 is 0 Å². The molecular weight excluding hydrogens is 244 g/mol. The standard InChI is InChI=1S/C14H18N2OS/c1-4-5-14-15-6-7-16(14)9-13(17)12-8-10(2)18-11(12)3/h6-8H,4-5,9H2,1-3H3. The minimum absolute atomic E-state index is 0.173. The number of carbonyl (C=O) groups excluding carboxylic acids is 1. The summed E-state index contributed by atoms with van der Waals surface area (Å²) in [5, 5.41) is 0. The van der Waals surface area contributed by atoms with Crippen molar-refractivity contribution >= 4 is 17.1 Å². The molecule has 2 rings (SSSR count). The lowest BCUT2D eigenvalue weighted by molar-refractivity contribution is 0.0971. The van der Waals surface area contributed by atoms with Crippen LogP contribution in [-0.2, 0) is 13.0 Å².